The summed E-state index contributed by atoms with van der Waals surface area (Å²) in [6.07, 6.45) is 15.4. The molecular weight excluding hydrogens is 362 g/mol. The van der Waals surface area contributed by atoms with E-state index in [0.717, 1.165) is 6.42 Å². The highest BCUT2D eigenvalue weighted by Gasteiger charge is 2.50. The average molecular weight is 398 g/mol. The number of carbonyl (C=O) groups excluding carboxylic acids is 2. The van der Waals surface area contributed by atoms with Crippen LogP contribution in [0.1, 0.15) is 99.9 Å². The first-order valence-corrected chi connectivity index (χ1v) is 11.2. The number of unbranched alkanes of at least 4 members (excludes halogenated alkanes) is 9. The molecule has 1 aliphatic rings. The molecule has 0 unspecified atom stereocenters. The Labute approximate surface area is 175 Å². The lowest BCUT2D eigenvalue weighted by Crippen LogP contribution is -2.45. The zero-order valence-electron chi connectivity index (χ0n) is 17.8. The number of aryl methyl sites for hydroxylation is 1. The Hall–Kier alpha value is -2.35. The lowest BCUT2D eigenvalue weighted by molar-refractivity contribution is -0.125. The predicted octanol–water partition coefficient (Wildman–Crippen LogP) is 5.21. The Morgan fingerprint density at radius 3 is 1.97 bits per heavy atom. The Bertz CT molecular complexity index is 687. The van der Waals surface area contributed by atoms with Gasteiger partial charge in [0.25, 0.3) is 11.8 Å². The topological polar surface area (TPSA) is 82.0 Å². The third-order valence-electron chi connectivity index (χ3n) is 5.72. The van der Waals surface area contributed by atoms with E-state index in [-0.39, 0.29) is 5.91 Å². The summed E-state index contributed by atoms with van der Waals surface area (Å²) < 4.78 is 0. The van der Waals surface area contributed by atoms with Crippen LogP contribution in [0.15, 0.2) is 24.3 Å². The smallest absolute Gasteiger partial charge is 0.269 e. The van der Waals surface area contributed by atoms with E-state index in [9.17, 15) is 9.59 Å². The number of carbonyl (C=O) groups is 2. The second kappa shape index (κ2) is 12.3. The third-order valence-corrected chi connectivity index (χ3v) is 5.72. The fraction of sp³-hybridized carbons (Fsp3) is 0.625. The fourth-order valence-corrected chi connectivity index (χ4v) is 3.46. The van der Waals surface area contributed by atoms with Gasteiger partial charge in [-0.05, 0) is 43.4 Å². The highest BCUT2D eigenvalue weighted by atomic mass is 16.2. The number of nitrogens with one attached hydrogen (secondary N) is 2. The molecule has 0 aromatic heterocycles. The molecule has 5 heteroatoms. The summed E-state index contributed by atoms with van der Waals surface area (Å²) in [5.74, 6) is -0.788. The molecule has 1 saturated carbocycles. The van der Waals surface area contributed by atoms with E-state index in [1.165, 1.54) is 69.8 Å². The molecule has 0 aliphatic heterocycles. The van der Waals surface area contributed by atoms with E-state index in [2.05, 4.69) is 17.8 Å². The zero-order valence-corrected chi connectivity index (χ0v) is 17.8. The maximum absolute atomic E-state index is 12.1. The molecule has 1 aliphatic carbocycles. The number of nitrogens with zero attached hydrogens (tertiary/aromatic N) is 1. The number of hydrogen-bond donors (Lipinski definition) is 2. The molecule has 29 heavy (non-hydrogen) atoms. The van der Waals surface area contributed by atoms with E-state index in [1.54, 1.807) is 12.1 Å². The average Bonchev–Trinajstić information content (AvgIpc) is 3.55. The molecule has 0 saturated heterocycles. The number of hydrogen-bond acceptors (Lipinski definition) is 3. The van der Waals surface area contributed by atoms with Crippen molar-refractivity contribution in [2.75, 3.05) is 0 Å². The lowest BCUT2D eigenvalue weighted by atomic mass is 10.0. The molecule has 2 rings (SSSR count). The van der Waals surface area contributed by atoms with Crippen LogP contribution < -0.4 is 10.9 Å². The molecule has 0 atom stereocenters. The molecule has 0 spiro atoms. The van der Waals surface area contributed by atoms with Crippen LogP contribution in [0, 0.1) is 16.7 Å². The van der Waals surface area contributed by atoms with Gasteiger partial charge in [0.15, 0.2) is 0 Å². The number of nitriles is 1. The van der Waals surface area contributed by atoms with Crippen LogP contribution in [0.5, 0.6) is 0 Å². The molecule has 1 aromatic carbocycles. The van der Waals surface area contributed by atoms with Crippen molar-refractivity contribution in [1.82, 2.24) is 10.9 Å². The molecule has 0 heterocycles. The monoisotopic (exact) mass is 397 g/mol. The standard InChI is InChI=1S/C24H35N3O2/c1-2-3-4-5-6-7-8-9-10-11-12-20-13-15-21(16-14-20)22(28)26-27-23(29)24(19-25)17-18-24/h13-16H,2-12,17-18H2,1H3,(H,26,28)(H,27,29). The first kappa shape index (κ1) is 22.9. The molecule has 1 aromatic rings. The molecule has 2 amide bonds. The Morgan fingerprint density at radius 1 is 0.897 bits per heavy atom. The summed E-state index contributed by atoms with van der Waals surface area (Å²) in [4.78, 5) is 24.0. The second-order valence-electron chi connectivity index (χ2n) is 8.23. The summed E-state index contributed by atoms with van der Waals surface area (Å²) >= 11 is 0. The fourth-order valence-electron chi connectivity index (χ4n) is 3.46. The highest BCUT2D eigenvalue weighted by molar-refractivity contribution is 5.96. The van der Waals surface area contributed by atoms with Gasteiger partial charge in [-0.2, -0.15) is 5.26 Å². The largest absolute Gasteiger partial charge is 0.271 e. The molecule has 158 valence electrons. The van der Waals surface area contributed by atoms with Gasteiger partial charge in [0.1, 0.15) is 5.41 Å². The van der Waals surface area contributed by atoms with Crippen LogP contribution in [0.4, 0.5) is 0 Å². The molecule has 5 nitrogen and oxygen atoms in total. The molecule has 0 bridgehead atoms. The van der Waals surface area contributed by atoms with E-state index >= 15 is 0 Å². The third kappa shape index (κ3) is 7.89. The van der Waals surface area contributed by atoms with Crippen molar-refractivity contribution >= 4 is 11.8 Å². The molecule has 0 radical (unpaired) electrons. The van der Waals surface area contributed by atoms with Crippen molar-refractivity contribution in [2.24, 2.45) is 5.41 Å². The highest BCUT2D eigenvalue weighted by Crippen LogP contribution is 2.44. The predicted molar refractivity (Wildman–Crippen MR) is 115 cm³/mol. The summed E-state index contributed by atoms with van der Waals surface area (Å²) in [7, 11) is 0. The Morgan fingerprint density at radius 2 is 1.45 bits per heavy atom. The summed E-state index contributed by atoms with van der Waals surface area (Å²) in [6, 6.07) is 9.52. The van der Waals surface area contributed by atoms with Crippen molar-refractivity contribution in [2.45, 2.75) is 90.4 Å². The van der Waals surface area contributed by atoms with Gasteiger partial charge in [-0.15, -0.1) is 0 Å². The minimum Gasteiger partial charge on any atom is -0.271 e. The van der Waals surface area contributed by atoms with Crippen LogP contribution >= 0.6 is 0 Å². The maximum Gasteiger partial charge on any atom is 0.269 e. The molecule has 1 fully saturated rings. The van der Waals surface area contributed by atoms with Gasteiger partial charge in [-0.3, -0.25) is 20.4 Å². The van der Waals surface area contributed by atoms with Crippen molar-refractivity contribution in [3.8, 4) is 6.07 Å². The normalized spacial score (nSPS) is 14.1. The van der Waals surface area contributed by atoms with E-state index in [0.29, 0.717) is 18.4 Å². The van der Waals surface area contributed by atoms with E-state index in [4.69, 9.17) is 5.26 Å². The Kier molecular flexibility index (Phi) is 9.70. The molecular formula is C24H35N3O2. The van der Waals surface area contributed by atoms with Crippen molar-refractivity contribution < 1.29 is 9.59 Å². The zero-order chi connectivity index (χ0) is 21.0. The van der Waals surface area contributed by atoms with Crippen LogP contribution in [-0.2, 0) is 11.2 Å². The van der Waals surface area contributed by atoms with Gasteiger partial charge >= 0.3 is 0 Å². The summed E-state index contributed by atoms with van der Waals surface area (Å²) in [5.41, 5.74) is 5.55. The van der Waals surface area contributed by atoms with Gasteiger partial charge in [0, 0.05) is 5.56 Å². The van der Waals surface area contributed by atoms with Crippen LogP contribution in [0.2, 0.25) is 0 Å². The minimum atomic E-state index is -0.938. The van der Waals surface area contributed by atoms with Crippen molar-refractivity contribution in [3.05, 3.63) is 35.4 Å². The quantitative estimate of drug-likeness (QED) is 0.354. The van der Waals surface area contributed by atoms with E-state index < -0.39 is 11.3 Å². The Balaban J connectivity index is 1.56. The van der Waals surface area contributed by atoms with Crippen LogP contribution in [-0.4, -0.2) is 11.8 Å². The number of hydrazine groups is 1. The number of rotatable bonds is 13. The first-order chi connectivity index (χ1) is 14.1. The van der Waals surface area contributed by atoms with Gasteiger partial charge in [-0.25, -0.2) is 0 Å². The van der Waals surface area contributed by atoms with Crippen LogP contribution in [0.25, 0.3) is 0 Å². The van der Waals surface area contributed by atoms with Crippen LogP contribution in [0.3, 0.4) is 0 Å². The van der Waals surface area contributed by atoms with Gasteiger partial charge in [-0.1, -0.05) is 76.8 Å². The van der Waals surface area contributed by atoms with E-state index in [1.807, 2.05) is 18.2 Å². The number of benzene rings is 1. The maximum atomic E-state index is 12.1. The molecule has 2 N–H and O–H groups in total. The minimum absolute atomic E-state index is 0.363. The first-order valence-electron chi connectivity index (χ1n) is 11.2. The van der Waals surface area contributed by atoms with Gasteiger partial charge < -0.3 is 0 Å². The lowest BCUT2D eigenvalue weighted by Gasteiger charge is -2.10. The van der Waals surface area contributed by atoms with Gasteiger partial charge in [0.05, 0.1) is 6.07 Å². The summed E-state index contributed by atoms with van der Waals surface area (Å²) in [5, 5.41) is 8.99. The SMILES string of the molecule is CCCCCCCCCCCCc1ccc(C(=O)NNC(=O)C2(C#N)CC2)cc1. The van der Waals surface area contributed by atoms with Crippen molar-refractivity contribution in [1.29, 1.82) is 5.26 Å². The number of amides is 2. The second-order valence-corrected chi connectivity index (χ2v) is 8.23. The summed E-state index contributed by atoms with van der Waals surface area (Å²) in [6.45, 7) is 2.25. The van der Waals surface area contributed by atoms with Crippen molar-refractivity contribution in [3.63, 3.8) is 0 Å². The van der Waals surface area contributed by atoms with Gasteiger partial charge in [0.2, 0.25) is 0 Å².